The molecular formula is C13H19N3O3S2. The predicted octanol–water partition coefficient (Wildman–Crippen LogP) is 2.06. The third-order valence-electron chi connectivity index (χ3n) is 3.91. The summed E-state index contributed by atoms with van der Waals surface area (Å²) >= 11 is 1.57. The lowest BCUT2D eigenvalue weighted by Crippen LogP contribution is -2.43. The van der Waals surface area contributed by atoms with Gasteiger partial charge < -0.3 is 4.90 Å². The van der Waals surface area contributed by atoms with E-state index in [-0.39, 0.29) is 23.6 Å². The minimum Gasteiger partial charge on any atom is -0.321 e. The van der Waals surface area contributed by atoms with Crippen LogP contribution in [0, 0.1) is 0 Å². The second-order valence-corrected chi connectivity index (χ2v) is 8.90. The minimum atomic E-state index is -3.04. The molecule has 2 heterocycles. The Kier molecular flexibility index (Phi) is 3.92. The average Bonchev–Trinajstić information content (AvgIpc) is 3.15. The molecule has 0 radical (unpaired) electrons. The van der Waals surface area contributed by atoms with E-state index in [1.807, 2.05) is 0 Å². The molecule has 1 aromatic rings. The molecule has 2 fully saturated rings. The quantitative estimate of drug-likeness (QED) is 0.901. The monoisotopic (exact) mass is 329 g/mol. The summed E-state index contributed by atoms with van der Waals surface area (Å²) in [4.78, 5) is 19.4. The van der Waals surface area contributed by atoms with Gasteiger partial charge in [-0.2, -0.15) is 0 Å². The summed E-state index contributed by atoms with van der Waals surface area (Å²) in [5.74, 6) is 1.37. The van der Waals surface area contributed by atoms with Crippen LogP contribution in [-0.4, -0.2) is 48.4 Å². The number of nitrogens with zero attached hydrogens (tertiary/aromatic N) is 2. The van der Waals surface area contributed by atoms with Gasteiger partial charge in [-0.15, -0.1) is 11.3 Å². The highest BCUT2D eigenvalue weighted by Gasteiger charge is 2.32. The van der Waals surface area contributed by atoms with E-state index in [1.54, 1.807) is 28.7 Å². The van der Waals surface area contributed by atoms with Crippen LogP contribution in [0.25, 0.3) is 0 Å². The molecule has 1 aromatic heterocycles. The lowest BCUT2D eigenvalue weighted by atomic mass is 10.3. The van der Waals surface area contributed by atoms with Crippen molar-refractivity contribution in [3.8, 4) is 0 Å². The van der Waals surface area contributed by atoms with Crippen LogP contribution in [0.15, 0.2) is 5.51 Å². The highest BCUT2D eigenvalue weighted by molar-refractivity contribution is 7.91. The summed E-state index contributed by atoms with van der Waals surface area (Å²) in [5.41, 5.74) is 1.75. The number of carbonyl (C=O) groups excluding carboxylic acids is 1. The Hall–Kier alpha value is -1.15. The first kappa shape index (κ1) is 14.8. The summed E-state index contributed by atoms with van der Waals surface area (Å²) in [7, 11) is -3.04. The smallest absolute Gasteiger partial charge is 0.321 e. The SMILES string of the molecule is CC1CS(=O)(=O)CCCN1C(=O)Nc1ncsc1C1CC1. The van der Waals surface area contributed by atoms with Crippen molar-refractivity contribution in [2.45, 2.75) is 38.1 Å². The highest BCUT2D eigenvalue weighted by atomic mass is 32.2. The number of hydrogen-bond donors (Lipinski definition) is 1. The standard InChI is InChI=1S/C13H19N3O3S2/c1-9-7-21(18,19)6-2-5-16(9)13(17)15-12-11(10-3-4-10)20-8-14-12/h8-10H,2-7H2,1H3,(H,15,17). The molecule has 1 saturated heterocycles. The molecular weight excluding hydrogens is 310 g/mol. The number of aromatic nitrogens is 1. The van der Waals surface area contributed by atoms with Crippen molar-refractivity contribution in [3.05, 3.63) is 10.4 Å². The van der Waals surface area contributed by atoms with Crippen LogP contribution in [0.3, 0.4) is 0 Å². The number of anilines is 1. The predicted molar refractivity (Wildman–Crippen MR) is 82.5 cm³/mol. The molecule has 0 bridgehead atoms. The molecule has 1 aliphatic carbocycles. The lowest BCUT2D eigenvalue weighted by Gasteiger charge is -2.26. The van der Waals surface area contributed by atoms with Gasteiger partial charge in [0.05, 0.1) is 21.9 Å². The van der Waals surface area contributed by atoms with Gasteiger partial charge in [0.2, 0.25) is 0 Å². The topological polar surface area (TPSA) is 79.4 Å². The van der Waals surface area contributed by atoms with Gasteiger partial charge in [-0.05, 0) is 32.1 Å². The van der Waals surface area contributed by atoms with E-state index in [9.17, 15) is 13.2 Å². The molecule has 1 saturated carbocycles. The molecule has 1 atom stereocenters. The molecule has 1 N–H and O–H groups in total. The molecule has 21 heavy (non-hydrogen) atoms. The van der Waals surface area contributed by atoms with Crippen molar-refractivity contribution in [1.82, 2.24) is 9.88 Å². The molecule has 1 unspecified atom stereocenters. The average molecular weight is 329 g/mol. The van der Waals surface area contributed by atoms with E-state index < -0.39 is 9.84 Å². The molecule has 1 aliphatic heterocycles. The second kappa shape index (κ2) is 5.57. The largest absolute Gasteiger partial charge is 0.323 e. The fourth-order valence-corrected chi connectivity index (χ4v) is 5.24. The highest BCUT2D eigenvalue weighted by Crippen LogP contribution is 2.45. The van der Waals surface area contributed by atoms with E-state index in [0.717, 1.165) is 17.7 Å². The number of nitrogens with one attached hydrogen (secondary N) is 1. The maximum atomic E-state index is 12.4. The summed E-state index contributed by atoms with van der Waals surface area (Å²) in [6, 6.07) is -0.548. The van der Waals surface area contributed by atoms with Gasteiger partial charge in [-0.25, -0.2) is 18.2 Å². The first-order valence-corrected chi connectivity index (χ1v) is 9.88. The van der Waals surface area contributed by atoms with Gasteiger partial charge in [-0.3, -0.25) is 5.32 Å². The van der Waals surface area contributed by atoms with Crippen LogP contribution >= 0.6 is 11.3 Å². The Morgan fingerprint density at radius 2 is 2.24 bits per heavy atom. The molecule has 116 valence electrons. The van der Waals surface area contributed by atoms with Crippen LogP contribution in [0.2, 0.25) is 0 Å². The van der Waals surface area contributed by atoms with Crippen molar-refractivity contribution >= 4 is 33.0 Å². The fraction of sp³-hybridized carbons (Fsp3) is 0.692. The van der Waals surface area contributed by atoms with Crippen molar-refractivity contribution in [2.24, 2.45) is 0 Å². The molecule has 8 heteroatoms. The third kappa shape index (κ3) is 3.37. The molecule has 3 rings (SSSR count). The minimum absolute atomic E-state index is 0.0347. The molecule has 2 aliphatic rings. The number of urea groups is 1. The number of thiazole rings is 1. The van der Waals surface area contributed by atoms with Gasteiger partial charge in [-0.1, -0.05) is 0 Å². The zero-order chi connectivity index (χ0) is 15.0. The number of amides is 2. The first-order chi connectivity index (χ1) is 9.96. The number of rotatable bonds is 2. The van der Waals surface area contributed by atoms with Gasteiger partial charge in [0.15, 0.2) is 9.84 Å². The van der Waals surface area contributed by atoms with Crippen LogP contribution < -0.4 is 5.32 Å². The van der Waals surface area contributed by atoms with Crippen LogP contribution in [0.5, 0.6) is 0 Å². The Labute approximate surface area is 128 Å². The zero-order valence-corrected chi connectivity index (χ0v) is 13.5. The summed E-state index contributed by atoms with van der Waals surface area (Å²) in [6.45, 7) is 2.25. The van der Waals surface area contributed by atoms with E-state index in [1.165, 1.54) is 0 Å². The summed E-state index contributed by atoms with van der Waals surface area (Å²) in [5, 5.41) is 2.86. The fourth-order valence-electron chi connectivity index (χ4n) is 2.68. The van der Waals surface area contributed by atoms with Crippen LogP contribution in [0.1, 0.15) is 37.0 Å². The van der Waals surface area contributed by atoms with Crippen molar-refractivity contribution < 1.29 is 13.2 Å². The molecule has 0 spiro atoms. The third-order valence-corrected chi connectivity index (χ3v) is 6.80. The Morgan fingerprint density at radius 3 is 2.95 bits per heavy atom. The van der Waals surface area contributed by atoms with E-state index in [0.29, 0.717) is 24.7 Å². The van der Waals surface area contributed by atoms with Gasteiger partial charge in [0, 0.05) is 12.6 Å². The van der Waals surface area contributed by atoms with E-state index >= 15 is 0 Å². The van der Waals surface area contributed by atoms with Gasteiger partial charge in [0.25, 0.3) is 0 Å². The van der Waals surface area contributed by atoms with E-state index in [4.69, 9.17) is 0 Å². The maximum Gasteiger partial charge on any atom is 0.323 e. The molecule has 0 aromatic carbocycles. The van der Waals surface area contributed by atoms with Crippen molar-refractivity contribution in [1.29, 1.82) is 0 Å². The summed E-state index contributed by atoms with van der Waals surface area (Å²) < 4.78 is 23.5. The normalized spacial score (nSPS) is 25.4. The molecule has 2 amide bonds. The Bertz CT molecular complexity index is 637. The first-order valence-electron chi connectivity index (χ1n) is 7.18. The van der Waals surface area contributed by atoms with E-state index in [2.05, 4.69) is 10.3 Å². The number of carbonyl (C=O) groups is 1. The number of hydrogen-bond acceptors (Lipinski definition) is 5. The van der Waals surface area contributed by atoms with Gasteiger partial charge in [0.1, 0.15) is 5.82 Å². The molecule has 6 nitrogen and oxygen atoms in total. The zero-order valence-electron chi connectivity index (χ0n) is 11.9. The lowest BCUT2D eigenvalue weighted by molar-refractivity contribution is 0.199. The van der Waals surface area contributed by atoms with Gasteiger partial charge >= 0.3 is 6.03 Å². The van der Waals surface area contributed by atoms with Crippen molar-refractivity contribution in [2.75, 3.05) is 23.4 Å². The Morgan fingerprint density at radius 1 is 1.48 bits per heavy atom. The van der Waals surface area contributed by atoms with Crippen LogP contribution in [0.4, 0.5) is 10.6 Å². The Balaban J connectivity index is 1.71. The van der Waals surface area contributed by atoms with Crippen LogP contribution in [-0.2, 0) is 9.84 Å². The second-order valence-electron chi connectivity index (χ2n) is 5.78. The number of sulfone groups is 1. The maximum absolute atomic E-state index is 12.4. The summed E-state index contributed by atoms with van der Waals surface area (Å²) in [6.07, 6.45) is 2.81. The van der Waals surface area contributed by atoms with Crippen molar-refractivity contribution in [3.63, 3.8) is 0 Å².